The highest BCUT2D eigenvalue weighted by molar-refractivity contribution is 6.02. The SMILES string of the molecule is CC(C)Oc1cccc(/C=C/C(=O)Nc2ccccc2Oc2ccccc2)c1. The van der Waals surface area contributed by atoms with Crippen LogP contribution in [0.4, 0.5) is 5.69 Å². The van der Waals surface area contributed by atoms with Crippen LogP contribution in [0.1, 0.15) is 19.4 Å². The molecule has 28 heavy (non-hydrogen) atoms. The Morgan fingerprint density at radius 3 is 2.39 bits per heavy atom. The predicted molar refractivity (Wildman–Crippen MR) is 113 cm³/mol. The van der Waals surface area contributed by atoms with E-state index in [1.165, 1.54) is 6.08 Å². The molecule has 0 bridgehead atoms. The summed E-state index contributed by atoms with van der Waals surface area (Å²) in [6.07, 6.45) is 3.35. The van der Waals surface area contributed by atoms with Crippen molar-refractivity contribution in [2.75, 3.05) is 5.32 Å². The van der Waals surface area contributed by atoms with Gasteiger partial charge in [-0.25, -0.2) is 0 Å². The van der Waals surface area contributed by atoms with E-state index in [2.05, 4.69) is 5.32 Å². The van der Waals surface area contributed by atoms with E-state index in [0.29, 0.717) is 17.2 Å². The molecular formula is C24H23NO3. The van der Waals surface area contributed by atoms with Crippen LogP contribution in [-0.2, 0) is 4.79 Å². The molecule has 0 aliphatic rings. The van der Waals surface area contributed by atoms with Gasteiger partial charge in [0, 0.05) is 6.08 Å². The molecule has 0 fully saturated rings. The summed E-state index contributed by atoms with van der Waals surface area (Å²) in [5.41, 5.74) is 1.50. The number of anilines is 1. The van der Waals surface area contributed by atoms with Crippen LogP contribution in [0.2, 0.25) is 0 Å². The van der Waals surface area contributed by atoms with E-state index in [9.17, 15) is 4.79 Å². The first-order valence-electron chi connectivity index (χ1n) is 9.18. The Morgan fingerprint density at radius 1 is 0.893 bits per heavy atom. The number of rotatable bonds is 7. The summed E-state index contributed by atoms with van der Waals surface area (Å²) in [5, 5.41) is 2.87. The van der Waals surface area contributed by atoms with Crippen LogP contribution in [0.5, 0.6) is 17.2 Å². The van der Waals surface area contributed by atoms with E-state index in [1.54, 1.807) is 12.1 Å². The maximum atomic E-state index is 12.4. The van der Waals surface area contributed by atoms with Crippen molar-refractivity contribution in [3.05, 3.63) is 90.5 Å². The smallest absolute Gasteiger partial charge is 0.248 e. The molecule has 1 amide bonds. The van der Waals surface area contributed by atoms with Crippen molar-refractivity contribution >= 4 is 17.7 Å². The van der Waals surface area contributed by atoms with Crippen LogP contribution in [-0.4, -0.2) is 12.0 Å². The Bertz CT molecular complexity index is 949. The van der Waals surface area contributed by atoms with Gasteiger partial charge in [-0.3, -0.25) is 4.79 Å². The predicted octanol–water partition coefficient (Wildman–Crippen LogP) is 5.92. The topological polar surface area (TPSA) is 47.6 Å². The quantitative estimate of drug-likeness (QED) is 0.523. The Hall–Kier alpha value is -3.53. The standard InChI is InChI=1S/C24H23NO3/c1-18(2)27-21-12-8-9-19(17-21)15-16-24(26)25-22-13-6-7-14-23(22)28-20-10-4-3-5-11-20/h3-18H,1-2H3,(H,25,26)/b16-15+. The highest BCUT2D eigenvalue weighted by Crippen LogP contribution is 2.29. The molecule has 3 rings (SSSR count). The Labute approximate surface area is 165 Å². The molecule has 0 aliphatic heterocycles. The molecule has 0 saturated carbocycles. The van der Waals surface area contributed by atoms with E-state index in [0.717, 1.165) is 11.3 Å². The van der Waals surface area contributed by atoms with Gasteiger partial charge in [-0.15, -0.1) is 0 Å². The summed E-state index contributed by atoms with van der Waals surface area (Å²) in [6.45, 7) is 3.95. The molecule has 142 valence electrons. The highest BCUT2D eigenvalue weighted by Gasteiger charge is 2.06. The van der Waals surface area contributed by atoms with Crippen LogP contribution < -0.4 is 14.8 Å². The monoisotopic (exact) mass is 373 g/mol. The third kappa shape index (κ3) is 5.74. The number of hydrogen-bond acceptors (Lipinski definition) is 3. The number of carbonyl (C=O) groups is 1. The maximum Gasteiger partial charge on any atom is 0.248 e. The van der Waals surface area contributed by atoms with Gasteiger partial charge in [-0.1, -0.05) is 42.5 Å². The maximum absolute atomic E-state index is 12.4. The Balaban J connectivity index is 1.68. The second-order valence-corrected chi connectivity index (χ2v) is 6.47. The van der Waals surface area contributed by atoms with E-state index < -0.39 is 0 Å². The van der Waals surface area contributed by atoms with E-state index in [-0.39, 0.29) is 12.0 Å². The normalized spacial score (nSPS) is 10.8. The first-order valence-corrected chi connectivity index (χ1v) is 9.18. The van der Waals surface area contributed by atoms with E-state index >= 15 is 0 Å². The first kappa shape index (κ1) is 19.2. The molecule has 1 N–H and O–H groups in total. The van der Waals surface area contributed by atoms with Crippen molar-refractivity contribution in [1.82, 2.24) is 0 Å². The zero-order chi connectivity index (χ0) is 19.8. The van der Waals surface area contributed by atoms with Crippen molar-refractivity contribution in [2.45, 2.75) is 20.0 Å². The summed E-state index contributed by atoms with van der Waals surface area (Å²) < 4.78 is 11.5. The summed E-state index contributed by atoms with van der Waals surface area (Å²) in [6, 6.07) is 24.4. The molecule has 4 heteroatoms. The number of para-hydroxylation sites is 3. The Kier molecular flexibility index (Phi) is 6.47. The molecule has 0 saturated heterocycles. The number of ether oxygens (including phenoxy) is 2. The van der Waals surface area contributed by atoms with Crippen molar-refractivity contribution in [2.24, 2.45) is 0 Å². The third-order valence-corrected chi connectivity index (χ3v) is 3.77. The first-order chi connectivity index (χ1) is 13.6. The summed E-state index contributed by atoms with van der Waals surface area (Å²) >= 11 is 0. The van der Waals surface area contributed by atoms with Gasteiger partial charge >= 0.3 is 0 Å². The van der Waals surface area contributed by atoms with Gasteiger partial charge in [0.15, 0.2) is 5.75 Å². The molecule has 3 aromatic rings. The van der Waals surface area contributed by atoms with E-state index in [4.69, 9.17) is 9.47 Å². The third-order valence-electron chi connectivity index (χ3n) is 3.77. The van der Waals surface area contributed by atoms with Crippen molar-refractivity contribution in [3.63, 3.8) is 0 Å². The minimum Gasteiger partial charge on any atom is -0.491 e. The fourth-order valence-electron chi connectivity index (χ4n) is 2.58. The molecule has 3 aromatic carbocycles. The fourth-order valence-corrected chi connectivity index (χ4v) is 2.58. The van der Waals surface area contributed by atoms with Gasteiger partial charge in [0.25, 0.3) is 0 Å². The molecule has 0 heterocycles. The van der Waals surface area contributed by atoms with Gasteiger partial charge in [-0.2, -0.15) is 0 Å². The second kappa shape index (κ2) is 9.42. The summed E-state index contributed by atoms with van der Waals surface area (Å²) in [4.78, 5) is 12.4. The molecule has 0 aliphatic carbocycles. The average molecular weight is 373 g/mol. The fraction of sp³-hybridized carbons (Fsp3) is 0.125. The minimum atomic E-state index is -0.237. The largest absolute Gasteiger partial charge is 0.491 e. The molecule has 0 spiro atoms. The average Bonchev–Trinajstić information content (AvgIpc) is 2.69. The number of carbonyl (C=O) groups excluding carboxylic acids is 1. The van der Waals surface area contributed by atoms with Gasteiger partial charge in [0.1, 0.15) is 11.5 Å². The number of nitrogens with one attached hydrogen (secondary N) is 1. The zero-order valence-corrected chi connectivity index (χ0v) is 16.0. The van der Waals surface area contributed by atoms with Crippen molar-refractivity contribution in [1.29, 1.82) is 0 Å². The number of amides is 1. The van der Waals surface area contributed by atoms with Gasteiger partial charge in [0.05, 0.1) is 11.8 Å². The summed E-state index contributed by atoms with van der Waals surface area (Å²) in [5.74, 6) is 1.84. The minimum absolute atomic E-state index is 0.101. The van der Waals surface area contributed by atoms with Gasteiger partial charge < -0.3 is 14.8 Å². The van der Waals surface area contributed by atoms with E-state index in [1.807, 2.05) is 86.6 Å². The lowest BCUT2D eigenvalue weighted by Crippen LogP contribution is -2.08. The van der Waals surface area contributed by atoms with Crippen LogP contribution in [0.25, 0.3) is 6.08 Å². The highest BCUT2D eigenvalue weighted by atomic mass is 16.5. The summed E-state index contributed by atoms with van der Waals surface area (Å²) in [7, 11) is 0. The van der Waals surface area contributed by atoms with Crippen molar-refractivity contribution < 1.29 is 14.3 Å². The molecule has 0 atom stereocenters. The molecule has 0 aromatic heterocycles. The second-order valence-electron chi connectivity index (χ2n) is 6.47. The van der Waals surface area contributed by atoms with Gasteiger partial charge in [0.2, 0.25) is 5.91 Å². The zero-order valence-electron chi connectivity index (χ0n) is 16.0. The van der Waals surface area contributed by atoms with Crippen LogP contribution in [0.15, 0.2) is 84.9 Å². The number of benzene rings is 3. The molecule has 4 nitrogen and oxygen atoms in total. The van der Waals surface area contributed by atoms with Gasteiger partial charge in [-0.05, 0) is 61.9 Å². The number of hydrogen-bond donors (Lipinski definition) is 1. The molecular weight excluding hydrogens is 350 g/mol. The van der Waals surface area contributed by atoms with Crippen LogP contribution >= 0.6 is 0 Å². The molecule has 0 radical (unpaired) electrons. The van der Waals surface area contributed by atoms with Crippen molar-refractivity contribution in [3.8, 4) is 17.2 Å². The lowest BCUT2D eigenvalue weighted by Gasteiger charge is -2.11. The van der Waals surface area contributed by atoms with Crippen LogP contribution in [0, 0.1) is 0 Å². The van der Waals surface area contributed by atoms with Crippen LogP contribution in [0.3, 0.4) is 0 Å². The lowest BCUT2D eigenvalue weighted by atomic mass is 10.2. The lowest BCUT2D eigenvalue weighted by molar-refractivity contribution is -0.111. The Morgan fingerprint density at radius 2 is 1.61 bits per heavy atom. The molecule has 0 unspecified atom stereocenters.